The number of carbonyl (C=O) groups excluding carboxylic acids is 2. The maximum absolute atomic E-state index is 13.4. The zero-order chi connectivity index (χ0) is 21.3. The number of imide groups is 1. The van der Waals surface area contributed by atoms with Gasteiger partial charge in [0.15, 0.2) is 0 Å². The second kappa shape index (κ2) is 7.69. The molecule has 3 aromatic carbocycles. The van der Waals surface area contributed by atoms with Crippen LogP contribution in [0.25, 0.3) is 5.57 Å². The lowest BCUT2D eigenvalue weighted by Crippen LogP contribution is -2.32. The molecule has 1 aliphatic heterocycles. The van der Waals surface area contributed by atoms with Gasteiger partial charge in [0.25, 0.3) is 11.8 Å². The molecule has 0 atom stereocenters. The maximum Gasteiger partial charge on any atom is 0.282 e. The quantitative estimate of drug-likeness (QED) is 0.659. The van der Waals surface area contributed by atoms with Gasteiger partial charge in [0.1, 0.15) is 5.70 Å². The van der Waals surface area contributed by atoms with Crippen LogP contribution >= 0.6 is 0 Å². The molecule has 0 bridgehead atoms. The van der Waals surface area contributed by atoms with Crippen molar-refractivity contribution in [1.29, 1.82) is 5.26 Å². The Morgan fingerprint density at radius 3 is 2.20 bits per heavy atom. The zero-order valence-corrected chi connectivity index (χ0v) is 16.6. The molecule has 0 spiro atoms. The summed E-state index contributed by atoms with van der Waals surface area (Å²) in [5.41, 5.74) is 4.99. The van der Waals surface area contributed by atoms with Crippen LogP contribution in [0.1, 0.15) is 22.3 Å². The molecule has 2 amide bonds. The van der Waals surface area contributed by atoms with E-state index in [1.807, 2.05) is 68.4 Å². The van der Waals surface area contributed by atoms with E-state index in [9.17, 15) is 9.59 Å². The molecular weight excluding hydrogens is 374 g/mol. The molecule has 3 aromatic rings. The van der Waals surface area contributed by atoms with Crippen molar-refractivity contribution in [3.8, 4) is 6.07 Å². The molecule has 4 rings (SSSR count). The van der Waals surface area contributed by atoms with Crippen molar-refractivity contribution >= 4 is 28.8 Å². The summed E-state index contributed by atoms with van der Waals surface area (Å²) < 4.78 is 0. The molecule has 0 saturated carbocycles. The fourth-order valence-electron chi connectivity index (χ4n) is 3.46. The molecule has 0 aromatic heterocycles. The van der Waals surface area contributed by atoms with Crippen LogP contribution in [0, 0.1) is 25.2 Å². The number of hydrogen-bond acceptors (Lipinski definition) is 4. The first-order valence-electron chi connectivity index (χ1n) is 9.53. The molecule has 30 heavy (non-hydrogen) atoms. The van der Waals surface area contributed by atoms with Gasteiger partial charge in [-0.25, -0.2) is 4.90 Å². The van der Waals surface area contributed by atoms with E-state index < -0.39 is 11.8 Å². The molecule has 5 nitrogen and oxygen atoms in total. The molecular formula is C25H19N3O2. The third-order valence-electron chi connectivity index (χ3n) is 5.27. The number of nitrogens with one attached hydrogen (secondary N) is 1. The zero-order valence-electron chi connectivity index (χ0n) is 16.6. The summed E-state index contributed by atoms with van der Waals surface area (Å²) in [5, 5.41) is 12.2. The molecule has 1 aliphatic rings. The van der Waals surface area contributed by atoms with E-state index in [4.69, 9.17) is 5.26 Å². The Hall–Kier alpha value is -4.17. The molecule has 146 valence electrons. The number of carbonyl (C=O) groups is 2. The number of nitrogens with zero attached hydrogens (tertiary/aromatic N) is 2. The number of hydrogen-bond donors (Lipinski definition) is 1. The Morgan fingerprint density at radius 1 is 0.833 bits per heavy atom. The minimum atomic E-state index is -0.426. The van der Waals surface area contributed by atoms with Gasteiger partial charge in [-0.3, -0.25) is 9.59 Å². The average molecular weight is 393 g/mol. The monoisotopic (exact) mass is 393 g/mol. The Balaban J connectivity index is 1.82. The molecule has 1 heterocycles. The molecule has 0 radical (unpaired) electrons. The fraction of sp³-hybridized carbons (Fsp3) is 0.0800. The SMILES string of the molecule is Cc1cccc(NC2=C(c3ccccc3)C(=O)N(c3ccc(C#N)cc3)C2=O)c1C. The second-order valence-corrected chi connectivity index (χ2v) is 7.09. The first-order chi connectivity index (χ1) is 14.5. The van der Waals surface area contributed by atoms with Gasteiger partial charge in [0.05, 0.1) is 22.9 Å². The van der Waals surface area contributed by atoms with E-state index in [1.165, 1.54) is 0 Å². The van der Waals surface area contributed by atoms with Crippen molar-refractivity contribution in [3.63, 3.8) is 0 Å². The standard InChI is InChI=1S/C25H19N3O2/c1-16-7-6-10-21(17(16)2)27-23-22(19-8-4-3-5-9-19)24(29)28(25(23)30)20-13-11-18(15-26)12-14-20/h3-14,27H,1-2H3. The molecule has 5 heteroatoms. The van der Waals surface area contributed by atoms with Crippen LogP contribution in [0.15, 0.2) is 78.5 Å². The third-order valence-corrected chi connectivity index (χ3v) is 5.27. The molecule has 0 fully saturated rings. The fourth-order valence-corrected chi connectivity index (χ4v) is 3.46. The highest BCUT2D eigenvalue weighted by Crippen LogP contribution is 2.34. The van der Waals surface area contributed by atoms with Crippen molar-refractivity contribution in [2.75, 3.05) is 10.2 Å². The highest BCUT2D eigenvalue weighted by Gasteiger charge is 2.40. The van der Waals surface area contributed by atoms with Gasteiger partial charge in [-0.05, 0) is 60.9 Å². The van der Waals surface area contributed by atoms with Crippen molar-refractivity contribution in [2.45, 2.75) is 13.8 Å². The number of anilines is 2. The van der Waals surface area contributed by atoms with E-state index in [2.05, 4.69) is 5.32 Å². The average Bonchev–Trinajstić information content (AvgIpc) is 3.01. The van der Waals surface area contributed by atoms with E-state index in [1.54, 1.807) is 24.3 Å². The topological polar surface area (TPSA) is 73.2 Å². The lowest BCUT2D eigenvalue weighted by atomic mass is 10.0. The van der Waals surface area contributed by atoms with Gasteiger partial charge >= 0.3 is 0 Å². The minimum absolute atomic E-state index is 0.240. The smallest absolute Gasteiger partial charge is 0.282 e. The Bertz CT molecular complexity index is 1220. The van der Waals surface area contributed by atoms with Gasteiger partial charge in [0, 0.05) is 5.69 Å². The Morgan fingerprint density at radius 2 is 1.53 bits per heavy atom. The van der Waals surface area contributed by atoms with Crippen LogP contribution in [-0.4, -0.2) is 11.8 Å². The number of aryl methyl sites for hydroxylation is 1. The lowest BCUT2D eigenvalue weighted by molar-refractivity contribution is -0.120. The van der Waals surface area contributed by atoms with Crippen LogP contribution in [0.3, 0.4) is 0 Å². The van der Waals surface area contributed by atoms with E-state index in [0.717, 1.165) is 21.7 Å². The van der Waals surface area contributed by atoms with Gasteiger partial charge < -0.3 is 5.32 Å². The van der Waals surface area contributed by atoms with Crippen LogP contribution in [0.4, 0.5) is 11.4 Å². The van der Waals surface area contributed by atoms with Gasteiger partial charge in [-0.1, -0.05) is 42.5 Å². The van der Waals surface area contributed by atoms with Gasteiger partial charge in [-0.15, -0.1) is 0 Å². The predicted octanol–water partition coefficient (Wildman–Crippen LogP) is 4.57. The second-order valence-electron chi connectivity index (χ2n) is 7.09. The lowest BCUT2D eigenvalue weighted by Gasteiger charge is -2.16. The van der Waals surface area contributed by atoms with E-state index >= 15 is 0 Å². The van der Waals surface area contributed by atoms with Crippen LogP contribution in [-0.2, 0) is 9.59 Å². The molecule has 0 saturated heterocycles. The number of amides is 2. The summed E-state index contributed by atoms with van der Waals surface area (Å²) in [6.45, 7) is 3.97. The van der Waals surface area contributed by atoms with Crippen molar-refractivity contribution < 1.29 is 9.59 Å². The molecule has 0 unspecified atom stereocenters. The van der Waals surface area contributed by atoms with Crippen LogP contribution in [0.2, 0.25) is 0 Å². The van der Waals surface area contributed by atoms with Crippen molar-refractivity contribution in [3.05, 3.63) is 101 Å². The summed E-state index contributed by atoms with van der Waals surface area (Å²) in [6.07, 6.45) is 0. The van der Waals surface area contributed by atoms with Gasteiger partial charge in [0.2, 0.25) is 0 Å². The van der Waals surface area contributed by atoms with E-state index in [0.29, 0.717) is 22.4 Å². The Kier molecular flexibility index (Phi) is 4.91. The summed E-state index contributed by atoms with van der Waals surface area (Å²) in [6, 6.07) is 23.4. The first kappa shape index (κ1) is 19.2. The number of benzene rings is 3. The van der Waals surface area contributed by atoms with Crippen molar-refractivity contribution in [2.24, 2.45) is 0 Å². The molecule has 0 aliphatic carbocycles. The highest BCUT2D eigenvalue weighted by atomic mass is 16.2. The van der Waals surface area contributed by atoms with Gasteiger partial charge in [-0.2, -0.15) is 5.26 Å². The maximum atomic E-state index is 13.4. The predicted molar refractivity (Wildman–Crippen MR) is 117 cm³/mol. The number of rotatable bonds is 4. The van der Waals surface area contributed by atoms with E-state index in [-0.39, 0.29) is 5.70 Å². The molecule has 1 N–H and O–H groups in total. The summed E-state index contributed by atoms with van der Waals surface area (Å²) in [5.74, 6) is -0.826. The Labute approximate surface area is 174 Å². The summed E-state index contributed by atoms with van der Waals surface area (Å²) >= 11 is 0. The third kappa shape index (κ3) is 3.25. The van der Waals surface area contributed by atoms with Crippen LogP contribution < -0.4 is 10.2 Å². The minimum Gasteiger partial charge on any atom is -0.350 e. The van der Waals surface area contributed by atoms with Crippen LogP contribution in [0.5, 0.6) is 0 Å². The largest absolute Gasteiger partial charge is 0.350 e. The summed E-state index contributed by atoms with van der Waals surface area (Å²) in [4.78, 5) is 27.9. The summed E-state index contributed by atoms with van der Waals surface area (Å²) in [7, 11) is 0. The normalized spacial score (nSPS) is 13.6. The number of nitriles is 1. The first-order valence-corrected chi connectivity index (χ1v) is 9.53. The highest BCUT2D eigenvalue weighted by molar-refractivity contribution is 6.46. The van der Waals surface area contributed by atoms with Crippen molar-refractivity contribution in [1.82, 2.24) is 0 Å².